The van der Waals surface area contributed by atoms with Crippen molar-refractivity contribution in [2.24, 2.45) is 0 Å². The number of aryl methyl sites for hydroxylation is 1. The second-order valence-electron chi connectivity index (χ2n) is 7.25. The first kappa shape index (κ1) is 20.1. The van der Waals surface area contributed by atoms with Crippen LogP contribution in [-0.2, 0) is 4.74 Å². The number of anilines is 1. The average molecular weight is 411 g/mol. The molecule has 9 heteroatoms. The van der Waals surface area contributed by atoms with Gasteiger partial charge in [-0.3, -0.25) is 9.69 Å². The lowest BCUT2D eigenvalue weighted by Gasteiger charge is -2.26. The van der Waals surface area contributed by atoms with Crippen LogP contribution in [0.15, 0.2) is 30.6 Å². The van der Waals surface area contributed by atoms with E-state index in [1.54, 1.807) is 12.1 Å². The summed E-state index contributed by atoms with van der Waals surface area (Å²) in [7, 11) is 0. The van der Waals surface area contributed by atoms with Crippen LogP contribution in [0.25, 0.3) is 10.9 Å². The molecule has 1 aliphatic heterocycles. The van der Waals surface area contributed by atoms with E-state index in [1.807, 2.05) is 19.9 Å². The van der Waals surface area contributed by atoms with E-state index < -0.39 is 0 Å². The fourth-order valence-electron chi connectivity index (χ4n) is 3.48. The highest BCUT2D eigenvalue weighted by Crippen LogP contribution is 2.27. The molecule has 0 spiro atoms. The Balaban J connectivity index is 1.40. The monoisotopic (exact) mass is 411 g/mol. The highest BCUT2D eigenvalue weighted by Gasteiger charge is 2.14. The molecule has 3 heterocycles. The molecule has 1 saturated heterocycles. The number of benzene rings is 1. The molecule has 2 aromatic heterocycles. The maximum absolute atomic E-state index is 12.6. The number of carbonyl (C=O) groups is 1. The Morgan fingerprint density at radius 1 is 1.23 bits per heavy atom. The highest BCUT2D eigenvalue weighted by atomic mass is 16.5. The molecule has 1 aromatic carbocycles. The van der Waals surface area contributed by atoms with E-state index in [4.69, 9.17) is 9.47 Å². The Kier molecular flexibility index (Phi) is 5.82. The first-order valence-corrected chi connectivity index (χ1v) is 9.90. The molecule has 0 radical (unpaired) electrons. The number of fused-ring (bicyclic) bond motifs is 1. The summed E-state index contributed by atoms with van der Waals surface area (Å²) in [5, 5.41) is 13.8. The predicted molar refractivity (Wildman–Crippen MR) is 111 cm³/mol. The standard InChI is InChI=1S/C21H25N5O4/c1-14-15(2)26(28)19-4-3-16(11-17(14)19)24-21(27)18-12-20(23-13-22-18)30-10-7-25-5-8-29-9-6-25/h3-4,11-13,28H,5-10H2,1-2H3,(H,24,27). The molecule has 0 atom stereocenters. The number of hydrogen-bond donors (Lipinski definition) is 2. The smallest absolute Gasteiger partial charge is 0.274 e. The minimum atomic E-state index is -0.354. The maximum atomic E-state index is 12.6. The van der Waals surface area contributed by atoms with Crippen molar-refractivity contribution in [2.45, 2.75) is 13.8 Å². The summed E-state index contributed by atoms with van der Waals surface area (Å²) in [6.45, 7) is 8.30. The van der Waals surface area contributed by atoms with Gasteiger partial charge in [0.25, 0.3) is 5.91 Å². The summed E-state index contributed by atoms with van der Waals surface area (Å²) in [5.41, 5.74) is 3.26. The van der Waals surface area contributed by atoms with Crippen molar-refractivity contribution in [1.29, 1.82) is 0 Å². The quantitative estimate of drug-likeness (QED) is 0.600. The third kappa shape index (κ3) is 4.22. The second-order valence-corrected chi connectivity index (χ2v) is 7.25. The molecule has 0 unspecified atom stereocenters. The van der Waals surface area contributed by atoms with E-state index >= 15 is 0 Å². The average Bonchev–Trinajstić information content (AvgIpc) is 2.98. The largest absolute Gasteiger partial charge is 0.476 e. The third-order valence-corrected chi connectivity index (χ3v) is 5.38. The highest BCUT2D eigenvalue weighted by molar-refractivity contribution is 6.04. The van der Waals surface area contributed by atoms with Crippen LogP contribution in [-0.4, -0.2) is 70.2 Å². The van der Waals surface area contributed by atoms with Gasteiger partial charge in [-0.1, -0.05) is 0 Å². The zero-order chi connectivity index (χ0) is 21.1. The molecule has 0 saturated carbocycles. The van der Waals surface area contributed by atoms with Crippen molar-refractivity contribution in [3.05, 3.63) is 47.5 Å². The molecule has 30 heavy (non-hydrogen) atoms. The number of nitrogens with one attached hydrogen (secondary N) is 1. The fourth-order valence-corrected chi connectivity index (χ4v) is 3.48. The lowest BCUT2D eigenvalue weighted by Crippen LogP contribution is -2.38. The molecule has 158 valence electrons. The van der Waals surface area contributed by atoms with E-state index in [9.17, 15) is 10.0 Å². The van der Waals surface area contributed by atoms with E-state index in [2.05, 4.69) is 20.2 Å². The van der Waals surface area contributed by atoms with Crippen LogP contribution in [0.2, 0.25) is 0 Å². The van der Waals surface area contributed by atoms with Crippen LogP contribution in [0.5, 0.6) is 5.88 Å². The molecule has 1 amide bonds. The lowest BCUT2D eigenvalue weighted by molar-refractivity contribution is 0.0320. The number of amides is 1. The van der Waals surface area contributed by atoms with Crippen molar-refractivity contribution < 1.29 is 19.5 Å². The normalized spacial score (nSPS) is 14.7. The Hall–Kier alpha value is -3.17. The summed E-state index contributed by atoms with van der Waals surface area (Å²) in [6.07, 6.45) is 1.32. The van der Waals surface area contributed by atoms with Crippen LogP contribution >= 0.6 is 0 Å². The van der Waals surface area contributed by atoms with Gasteiger partial charge in [0.1, 0.15) is 18.6 Å². The van der Waals surface area contributed by atoms with Gasteiger partial charge in [0, 0.05) is 36.8 Å². The predicted octanol–water partition coefficient (Wildman–Crippen LogP) is 2.25. The van der Waals surface area contributed by atoms with Gasteiger partial charge in [-0.25, -0.2) is 9.97 Å². The van der Waals surface area contributed by atoms with Gasteiger partial charge in [0.2, 0.25) is 5.88 Å². The number of aromatic nitrogens is 3. The Labute approximate surface area is 174 Å². The molecule has 0 bridgehead atoms. The first-order chi connectivity index (χ1) is 14.5. The number of hydrogen-bond acceptors (Lipinski definition) is 7. The van der Waals surface area contributed by atoms with Gasteiger partial charge in [0.05, 0.1) is 24.4 Å². The zero-order valence-electron chi connectivity index (χ0n) is 17.1. The van der Waals surface area contributed by atoms with Gasteiger partial charge < -0.3 is 20.0 Å². The minimum absolute atomic E-state index is 0.221. The molecule has 9 nitrogen and oxygen atoms in total. The first-order valence-electron chi connectivity index (χ1n) is 9.90. The molecule has 2 N–H and O–H groups in total. The summed E-state index contributed by atoms with van der Waals surface area (Å²) >= 11 is 0. The van der Waals surface area contributed by atoms with Crippen LogP contribution in [0.4, 0.5) is 5.69 Å². The lowest BCUT2D eigenvalue weighted by atomic mass is 10.1. The third-order valence-electron chi connectivity index (χ3n) is 5.38. The number of rotatable bonds is 6. The number of ether oxygens (including phenoxy) is 2. The molecule has 1 aliphatic rings. The van der Waals surface area contributed by atoms with Crippen molar-refractivity contribution >= 4 is 22.5 Å². The number of morpholine rings is 1. The Bertz CT molecular complexity index is 1060. The molecular weight excluding hydrogens is 386 g/mol. The van der Waals surface area contributed by atoms with Crippen molar-refractivity contribution in [2.75, 3.05) is 44.8 Å². The van der Waals surface area contributed by atoms with Crippen molar-refractivity contribution in [3.63, 3.8) is 0 Å². The summed E-state index contributed by atoms with van der Waals surface area (Å²) in [5.74, 6) is 0.00951. The van der Waals surface area contributed by atoms with Gasteiger partial charge in [-0.05, 0) is 37.6 Å². The summed E-state index contributed by atoms with van der Waals surface area (Å²) < 4.78 is 12.2. The number of carbonyl (C=O) groups excluding carboxylic acids is 1. The van der Waals surface area contributed by atoms with Gasteiger partial charge >= 0.3 is 0 Å². The minimum Gasteiger partial charge on any atom is -0.476 e. The zero-order valence-corrected chi connectivity index (χ0v) is 17.1. The maximum Gasteiger partial charge on any atom is 0.274 e. The number of nitrogens with zero attached hydrogens (tertiary/aromatic N) is 4. The molecule has 0 aliphatic carbocycles. The van der Waals surface area contributed by atoms with E-state index in [-0.39, 0.29) is 11.6 Å². The van der Waals surface area contributed by atoms with Crippen molar-refractivity contribution in [3.8, 4) is 5.88 Å². The van der Waals surface area contributed by atoms with Crippen molar-refractivity contribution in [1.82, 2.24) is 19.6 Å². The van der Waals surface area contributed by atoms with Crippen LogP contribution in [0.3, 0.4) is 0 Å². The van der Waals surface area contributed by atoms with Gasteiger partial charge in [0.15, 0.2) is 0 Å². The molecule has 1 fully saturated rings. The summed E-state index contributed by atoms with van der Waals surface area (Å²) in [6, 6.07) is 6.88. The van der Waals surface area contributed by atoms with E-state index in [0.717, 1.165) is 54.2 Å². The Morgan fingerprint density at radius 3 is 2.83 bits per heavy atom. The van der Waals surface area contributed by atoms with E-state index in [1.165, 1.54) is 12.4 Å². The molecule has 3 aromatic rings. The van der Waals surface area contributed by atoms with Gasteiger partial charge in [-0.2, -0.15) is 4.73 Å². The van der Waals surface area contributed by atoms with Crippen LogP contribution in [0.1, 0.15) is 21.7 Å². The van der Waals surface area contributed by atoms with E-state index in [0.29, 0.717) is 23.7 Å². The summed E-state index contributed by atoms with van der Waals surface area (Å²) in [4.78, 5) is 23.1. The van der Waals surface area contributed by atoms with Crippen LogP contribution in [0, 0.1) is 13.8 Å². The molecular formula is C21H25N5O4. The van der Waals surface area contributed by atoms with Gasteiger partial charge in [-0.15, -0.1) is 0 Å². The molecule has 4 rings (SSSR count). The van der Waals surface area contributed by atoms with Crippen LogP contribution < -0.4 is 10.1 Å². The SMILES string of the molecule is Cc1c(C)n(O)c2ccc(NC(=O)c3cc(OCCN4CCOCC4)ncn3)cc12. The Morgan fingerprint density at radius 2 is 2.03 bits per heavy atom. The second kappa shape index (κ2) is 8.68. The fraction of sp³-hybridized carbons (Fsp3) is 0.381. The topological polar surface area (TPSA) is 102 Å².